The first-order chi connectivity index (χ1) is 15.3. The first kappa shape index (κ1) is 21.8. The fraction of sp³-hybridized carbons (Fsp3) is 0.304. The van der Waals surface area contributed by atoms with Gasteiger partial charge in [0.2, 0.25) is 5.88 Å². The molecule has 1 aliphatic rings. The fourth-order valence-corrected chi connectivity index (χ4v) is 4.07. The maximum Gasteiger partial charge on any atom is 0.419 e. The number of imide groups is 1. The number of benzene rings is 1. The van der Waals surface area contributed by atoms with Crippen molar-refractivity contribution in [3.63, 3.8) is 0 Å². The zero-order valence-corrected chi connectivity index (χ0v) is 18.9. The number of aromatic nitrogens is 3. The second-order valence-corrected chi connectivity index (χ2v) is 8.20. The Morgan fingerprint density at radius 1 is 1.28 bits per heavy atom. The van der Waals surface area contributed by atoms with Crippen molar-refractivity contribution in [1.82, 2.24) is 20.1 Å². The fourth-order valence-electron chi connectivity index (χ4n) is 3.80. The van der Waals surface area contributed by atoms with E-state index in [9.17, 15) is 9.59 Å². The summed E-state index contributed by atoms with van der Waals surface area (Å²) >= 11 is 6.50. The van der Waals surface area contributed by atoms with Crippen LogP contribution in [0.2, 0.25) is 5.02 Å². The second kappa shape index (κ2) is 8.63. The molecule has 4 rings (SSSR count). The van der Waals surface area contributed by atoms with Crippen LogP contribution in [0.3, 0.4) is 0 Å². The lowest BCUT2D eigenvalue weighted by molar-refractivity contribution is -0.116. The number of halogens is 1. The molecular formula is C23H23ClN4O4. The van der Waals surface area contributed by atoms with Crippen LogP contribution in [-0.2, 0) is 16.1 Å². The minimum absolute atomic E-state index is 0.0232. The van der Waals surface area contributed by atoms with Gasteiger partial charge in [-0.2, -0.15) is 5.10 Å². The van der Waals surface area contributed by atoms with E-state index in [2.05, 4.69) is 10.4 Å². The predicted octanol–water partition coefficient (Wildman–Crippen LogP) is 4.67. The van der Waals surface area contributed by atoms with Crippen LogP contribution in [0, 0.1) is 5.92 Å². The Labute approximate surface area is 190 Å². The summed E-state index contributed by atoms with van der Waals surface area (Å²) in [6.45, 7) is 6.75. The third kappa shape index (κ3) is 3.93. The molecule has 166 valence electrons. The molecule has 9 heteroatoms. The molecule has 1 atom stereocenters. The minimum atomic E-state index is -0.775. The van der Waals surface area contributed by atoms with Crippen LogP contribution in [0.4, 0.5) is 4.79 Å². The summed E-state index contributed by atoms with van der Waals surface area (Å²) in [6.07, 6.45) is 2.62. The van der Waals surface area contributed by atoms with Crippen molar-refractivity contribution < 1.29 is 19.1 Å². The van der Waals surface area contributed by atoms with Crippen molar-refractivity contribution in [3.05, 3.63) is 52.9 Å². The number of pyridine rings is 1. The molecule has 32 heavy (non-hydrogen) atoms. The molecule has 1 fully saturated rings. The Balaban J connectivity index is 1.77. The molecule has 0 radical (unpaired) electrons. The number of hydrogen-bond donors (Lipinski definition) is 1. The number of aryl methyl sites for hydroxylation is 1. The summed E-state index contributed by atoms with van der Waals surface area (Å²) < 4.78 is 12.5. The number of amides is 2. The smallest absolute Gasteiger partial charge is 0.419 e. The molecular weight excluding hydrogens is 432 g/mol. The number of fused-ring (bicyclic) bond motifs is 1. The summed E-state index contributed by atoms with van der Waals surface area (Å²) in [4.78, 5) is 28.0. The van der Waals surface area contributed by atoms with Crippen molar-refractivity contribution in [2.75, 3.05) is 7.11 Å². The molecule has 0 saturated carbocycles. The minimum Gasteiger partial charge on any atom is -0.481 e. The van der Waals surface area contributed by atoms with Gasteiger partial charge in [-0.3, -0.25) is 14.8 Å². The van der Waals surface area contributed by atoms with Crippen molar-refractivity contribution in [2.45, 2.75) is 33.2 Å². The maximum atomic E-state index is 11.9. The number of nitrogens with one attached hydrogen (secondary N) is 1. The lowest BCUT2D eigenvalue weighted by Crippen LogP contribution is -2.19. The number of methoxy groups -OCH3 is 1. The summed E-state index contributed by atoms with van der Waals surface area (Å²) in [7, 11) is 1.55. The summed E-state index contributed by atoms with van der Waals surface area (Å²) in [5, 5.41) is 7.97. The lowest BCUT2D eigenvalue weighted by atomic mass is 9.88. The average Bonchev–Trinajstić information content (AvgIpc) is 3.33. The number of carbonyl (C=O) groups excluding carboxylic acids is 2. The zero-order valence-electron chi connectivity index (χ0n) is 18.2. The van der Waals surface area contributed by atoms with E-state index in [0.29, 0.717) is 16.6 Å². The molecule has 2 aromatic heterocycles. The Morgan fingerprint density at radius 2 is 2.06 bits per heavy atom. The predicted molar refractivity (Wildman–Crippen MR) is 120 cm³/mol. The van der Waals surface area contributed by atoms with E-state index in [1.165, 1.54) is 0 Å². The van der Waals surface area contributed by atoms with Gasteiger partial charge < -0.3 is 9.47 Å². The van der Waals surface area contributed by atoms with Crippen LogP contribution in [0.15, 0.2) is 42.3 Å². The number of cyclic esters (lactones) is 1. The number of nitrogens with zero attached hydrogens (tertiary/aromatic N) is 3. The van der Waals surface area contributed by atoms with Crippen LogP contribution < -0.4 is 10.1 Å². The van der Waals surface area contributed by atoms with Crippen molar-refractivity contribution in [1.29, 1.82) is 0 Å². The van der Waals surface area contributed by atoms with Gasteiger partial charge in [0.15, 0.2) is 5.76 Å². The van der Waals surface area contributed by atoms with Crippen molar-refractivity contribution in [2.24, 2.45) is 5.92 Å². The van der Waals surface area contributed by atoms with Gasteiger partial charge in [0.05, 0.1) is 29.5 Å². The SMILES string of the molecule is CCn1ncc2c(Cl)cc(-c3ccc(C(/C=C4\OC(=O)NC4=O)C(C)C)c(OC)n3)cc21. The molecule has 0 bridgehead atoms. The standard InChI is InChI=1S/C23H23ClN4O4/c1-5-28-19-9-13(8-17(24)16(19)11-25-28)18-7-6-14(22(26-18)31-4)15(12(2)3)10-20-21(29)27-23(30)32-20/h6-12,15H,5H2,1-4H3,(H,27,29,30)/b20-10-. The van der Waals surface area contributed by atoms with Gasteiger partial charge in [0.1, 0.15) is 0 Å². The summed E-state index contributed by atoms with van der Waals surface area (Å²) in [6, 6.07) is 7.66. The highest BCUT2D eigenvalue weighted by molar-refractivity contribution is 6.35. The normalized spacial score (nSPS) is 16.0. The molecule has 8 nitrogen and oxygen atoms in total. The summed E-state index contributed by atoms with van der Waals surface area (Å²) in [5.41, 5.74) is 3.24. The molecule has 3 aromatic rings. The first-order valence-corrected chi connectivity index (χ1v) is 10.7. The van der Waals surface area contributed by atoms with Gasteiger partial charge in [-0.15, -0.1) is 0 Å². The van der Waals surface area contributed by atoms with E-state index in [-0.39, 0.29) is 17.6 Å². The van der Waals surface area contributed by atoms with Crippen LogP contribution in [0.5, 0.6) is 5.88 Å². The van der Waals surface area contributed by atoms with E-state index in [4.69, 9.17) is 26.1 Å². The van der Waals surface area contributed by atoms with Gasteiger partial charge >= 0.3 is 6.09 Å². The Bertz CT molecular complexity index is 1250. The van der Waals surface area contributed by atoms with Gasteiger partial charge in [-0.05, 0) is 37.1 Å². The highest BCUT2D eigenvalue weighted by atomic mass is 35.5. The Morgan fingerprint density at radius 3 is 2.69 bits per heavy atom. The Kier molecular flexibility index (Phi) is 5.88. The largest absolute Gasteiger partial charge is 0.481 e. The molecule has 1 saturated heterocycles. The van der Waals surface area contributed by atoms with Gasteiger partial charge in [-0.25, -0.2) is 9.78 Å². The Hall–Kier alpha value is -3.39. The number of hydrogen-bond acceptors (Lipinski definition) is 6. The van der Waals surface area contributed by atoms with E-state index >= 15 is 0 Å². The van der Waals surface area contributed by atoms with E-state index in [0.717, 1.165) is 28.6 Å². The van der Waals surface area contributed by atoms with Crippen LogP contribution in [-0.4, -0.2) is 33.9 Å². The molecule has 0 spiro atoms. The van der Waals surface area contributed by atoms with E-state index in [1.54, 1.807) is 19.4 Å². The second-order valence-electron chi connectivity index (χ2n) is 7.79. The molecule has 1 unspecified atom stereocenters. The number of carbonyl (C=O) groups is 2. The highest BCUT2D eigenvalue weighted by Crippen LogP contribution is 2.36. The topological polar surface area (TPSA) is 95.3 Å². The molecule has 3 heterocycles. The summed E-state index contributed by atoms with van der Waals surface area (Å²) in [5.74, 6) is -0.334. The van der Waals surface area contributed by atoms with Crippen molar-refractivity contribution in [3.8, 4) is 17.1 Å². The third-order valence-corrected chi connectivity index (χ3v) is 5.75. The third-order valence-electron chi connectivity index (χ3n) is 5.44. The molecule has 0 aliphatic carbocycles. The lowest BCUT2D eigenvalue weighted by Gasteiger charge is -2.20. The molecule has 1 aromatic carbocycles. The maximum absolute atomic E-state index is 11.9. The monoisotopic (exact) mass is 454 g/mol. The molecule has 2 amide bonds. The molecule has 1 N–H and O–H groups in total. The van der Waals surface area contributed by atoms with Gasteiger partial charge in [0, 0.05) is 29.0 Å². The van der Waals surface area contributed by atoms with Crippen LogP contribution >= 0.6 is 11.6 Å². The van der Waals surface area contributed by atoms with Crippen LogP contribution in [0.1, 0.15) is 32.3 Å². The van der Waals surface area contributed by atoms with E-state index in [1.807, 2.05) is 49.7 Å². The van der Waals surface area contributed by atoms with E-state index < -0.39 is 12.0 Å². The van der Waals surface area contributed by atoms with Gasteiger partial charge in [0.25, 0.3) is 5.91 Å². The first-order valence-electron chi connectivity index (χ1n) is 10.3. The highest BCUT2D eigenvalue weighted by Gasteiger charge is 2.29. The van der Waals surface area contributed by atoms with Crippen LogP contribution in [0.25, 0.3) is 22.2 Å². The number of allylic oxidation sites excluding steroid dienone is 1. The van der Waals surface area contributed by atoms with Gasteiger partial charge in [-0.1, -0.05) is 31.5 Å². The average molecular weight is 455 g/mol. The number of ether oxygens (including phenoxy) is 2. The number of alkyl carbamates (subject to hydrolysis) is 1. The molecule has 1 aliphatic heterocycles. The quantitative estimate of drug-likeness (QED) is 0.544. The zero-order chi connectivity index (χ0) is 23.0. The number of rotatable bonds is 6. The van der Waals surface area contributed by atoms with Crippen molar-refractivity contribution >= 4 is 34.5 Å².